The zero-order valence-electron chi connectivity index (χ0n) is 12.1. The van der Waals surface area contributed by atoms with E-state index in [9.17, 15) is 10.2 Å². The number of pyridine rings is 1. The zero-order valence-corrected chi connectivity index (χ0v) is 14.3. The topological polar surface area (TPSA) is 78.1 Å². The van der Waals surface area contributed by atoms with Gasteiger partial charge < -0.3 is 10.2 Å². The summed E-state index contributed by atoms with van der Waals surface area (Å²) in [5.74, 6) is 0.114. The number of phenolic OH excluding ortho intramolecular Hbond substituents is 2. The Morgan fingerprint density at radius 2 is 1.04 bits per heavy atom. The Hall–Kier alpha value is -2.52. The van der Waals surface area contributed by atoms with Gasteiger partial charge >= 0.3 is 0 Å². The minimum Gasteiger partial charge on any atom is -0.506 e. The Morgan fingerprint density at radius 3 is 1.35 bits per heavy atom. The summed E-state index contributed by atoms with van der Waals surface area (Å²) in [5, 5.41) is 26.6. The normalized spacial score (nSPS) is 9.57. The third-order valence-electron chi connectivity index (χ3n) is 2.60. The maximum absolute atomic E-state index is 9.44. The molecule has 5 nitrogen and oxygen atoms in total. The molecule has 0 saturated heterocycles. The van der Waals surface area contributed by atoms with Crippen LogP contribution in [0.25, 0.3) is 0 Å². The van der Waals surface area contributed by atoms with Gasteiger partial charge in [0.15, 0.2) is 0 Å². The average molecular weight is 488 g/mol. The third-order valence-corrected chi connectivity index (χ3v) is 2.60. The molecule has 1 heterocycles. The van der Waals surface area contributed by atoms with Crippen LogP contribution in [-0.4, -0.2) is 15.2 Å². The number of nitrogens with zero attached hydrogens (tertiary/aromatic N) is 3. The van der Waals surface area contributed by atoms with E-state index < -0.39 is 0 Å². The fourth-order valence-corrected chi connectivity index (χ4v) is 1.52. The molecule has 2 aromatic carbocycles. The van der Waals surface area contributed by atoms with E-state index in [1.807, 2.05) is 18.2 Å². The first-order chi connectivity index (χ1) is 10.8. The molecule has 0 aliphatic carbocycles. The van der Waals surface area contributed by atoms with Crippen molar-refractivity contribution in [2.45, 2.75) is 0 Å². The predicted molar refractivity (Wildman–Crippen MR) is 84.6 cm³/mol. The average Bonchev–Trinajstić information content (AvgIpc) is 2.58. The maximum Gasteiger partial charge on any atom is 0.143 e. The van der Waals surface area contributed by atoms with E-state index >= 15 is 0 Å². The molecule has 120 valence electrons. The van der Waals surface area contributed by atoms with Gasteiger partial charge in [-0.1, -0.05) is 30.3 Å². The fraction of sp³-hybridized carbons (Fsp3) is 0. The number of rotatable bonds is 2. The molecule has 0 unspecified atom stereocenters. The van der Waals surface area contributed by atoms with Gasteiger partial charge in [-0.05, 0) is 36.4 Å². The van der Waals surface area contributed by atoms with Crippen LogP contribution in [-0.2, 0) is 21.1 Å². The van der Waals surface area contributed by atoms with Crippen molar-refractivity contribution in [2.24, 2.45) is 10.2 Å². The van der Waals surface area contributed by atoms with Crippen molar-refractivity contribution >= 4 is 11.4 Å². The van der Waals surface area contributed by atoms with Crippen molar-refractivity contribution in [3.05, 3.63) is 79.1 Å². The third kappa shape index (κ3) is 6.41. The van der Waals surface area contributed by atoms with E-state index in [2.05, 4.69) is 15.2 Å². The van der Waals surface area contributed by atoms with Crippen molar-refractivity contribution in [3.8, 4) is 11.5 Å². The van der Waals surface area contributed by atoms with Gasteiger partial charge in [-0.2, -0.15) is 0 Å². The number of aromatic nitrogens is 1. The molecule has 0 amide bonds. The monoisotopic (exact) mass is 488 g/mol. The summed E-state index contributed by atoms with van der Waals surface area (Å²) in [5.41, 5.74) is 0.733. The number of aromatic hydroxyl groups is 2. The SMILES string of the molecule is Oc1ccccc1N=Nc1ccccc1O.[Pt].c1ccncc1. The summed E-state index contributed by atoms with van der Waals surface area (Å²) in [6.45, 7) is 0. The van der Waals surface area contributed by atoms with Crippen LogP contribution >= 0.6 is 0 Å². The molecule has 0 aliphatic rings. The molecule has 0 bridgehead atoms. The van der Waals surface area contributed by atoms with E-state index in [4.69, 9.17) is 0 Å². The summed E-state index contributed by atoms with van der Waals surface area (Å²) in [7, 11) is 0. The summed E-state index contributed by atoms with van der Waals surface area (Å²) >= 11 is 0. The molecule has 0 fully saturated rings. The molecule has 2 N–H and O–H groups in total. The second kappa shape index (κ2) is 10.2. The van der Waals surface area contributed by atoms with Crippen LogP contribution in [0.1, 0.15) is 0 Å². The van der Waals surface area contributed by atoms with Gasteiger partial charge in [-0.25, -0.2) is 0 Å². The zero-order chi connectivity index (χ0) is 15.6. The largest absolute Gasteiger partial charge is 0.506 e. The summed E-state index contributed by atoms with van der Waals surface area (Å²) in [4.78, 5) is 3.78. The van der Waals surface area contributed by atoms with E-state index in [1.54, 1.807) is 48.8 Å². The van der Waals surface area contributed by atoms with Crippen LogP contribution in [0.15, 0.2) is 89.4 Å². The van der Waals surface area contributed by atoms with E-state index in [0.717, 1.165) is 0 Å². The Bertz CT molecular complexity index is 662. The van der Waals surface area contributed by atoms with Crippen molar-refractivity contribution in [1.82, 2.24) is 4.98 Å². The molecule has 0 aliphatic heterocycles. The van der Waals surface area contributed by atoms with Gasteiger partial charge in [0.05, 0.1) is 0 Å². The summed E-state index contributed by atoms with van der Waals surface area (Å²) in [6, 6.07) is 18.9. The van der Waals surface area contributed by atoms with E-state index in [1.165, 1.54) is 12.1 Å². The first kappa shape index (κ1) is 18.5. The van der Waals surface area contributed by atoms with Crippen molar-refractivity contribution in [3.63, 3.8) is 0 Å². The molecule has 6 heteroatoms. The quantitative estimate of drug-likeness (QED) is 0.518. The Morgan fingerprint density at radius 1 is 0.609 bits per heavy atom. The molecular formula is C17H15N3O2Pt. The molecular weight excluding hydrogens is 473 g/mol. The molecule has 3 rings (SSSR count). The minimum atomic E-state index is 0. The minimum absolute atomic E-state index is 0. The molecule has 0 spiro atoms. The molecule has 23 heavy (non-hydrogen) atoms. The first-order valence-electron chi connectivity index (χ1n) is 6.60. The summed E-state index contributed by atoms with van der Waals surface area (Å²) in [6.07, 6.45) is 3.50. The van der Waals surface area contributed by atoms with Crippen molar-refractivity contribution in [1.29, 1.82) is 0 Å². The predicted octanol–water partition coefficient (Wildman–Crippen LogP) is 4.59. The Labute approximate surface area is 148 Å². The first-order valence-corrected chi connectivity index (χ1v) is 6.60. The van der Waals surface area contributed by atoms with Gasteiger partial charge in [0, 0.05) is 33.5 Å². The molecule has 0 radical (unpaired) electrons. The van der Waals surface area contributed by atoms with Gasteiger partial charge in [0.1, 0.15) is 22.9 Å². The number of phenols is 2. The van der Waals surface area contributed by atoms with E-state index in [-0.39, 0.29) is 32.6 Å². The standard InChI is InChI=1S/C12H10N2O2.C5H5N.Pt/c15-11-7-3-1-5-9(11)13-14-10-6-2-4-8-12(10)16;1-2-4-6-5-3-1;/h1-8,15-16H;1-5H;. The summed E-state index contributed by atoms with van der Waals surface area (Å²) < 4.78 is 0. The number of para-hydroxylation sites is 2. The molecule has 0 saturated carbocycles. The number of azo groups is 1. The number of benzene rings is 2. The van der Waals surface area contributed by atoms with Gasteiger partial charge in [0.25, 0.3) is 0 Å². The van der Waals surface area contributed by atoms with Crippen LogP contribution in [0.3, 0.4) is 0 Å². The van der Waals surface area contributed by atoms with Gasteiger partial charge in [0.2, 0.25) is 0 Å². The fourth-order valence-electron chi connectivity index (χ4n) is 1.52. The second-order valence-corrected chi connectivity index (χ2v) is 4.20. The van der Waals surface area contributed by atoms with Crippen LogP contribution in [0.2, 0.25) is 0 Å². The Kier molecular flexibility index (Phi) is 8.25. The van der Waals surface area contributed by atoms with Gasteiger partial charge in [-0.15, -0.1) is 10.2 Å². The molecule has 3 aromatic rings. The Balaban J connectivity index is 0.000000320. The smallest absolute Gasteiger partial charge is 0.143 e. The molecule has 1 aromatic heterocycles. The number of hydrogen-bond acceptors (Lipinski definition) is 5. The molecule has 0 atom stereocenters. The van der Waals surface area contributed by atoms with Crippen molar-refractivity contribution in [2.75, 3.05) is 0 Å². The number of hydrogen-bond donors (Lipinski definition) is 2. The van der Waals surface area contributed by atoms with Crippen LogP contribution < -0.4 is 0 Å². The second-order valence-electron chi connectivity index (χ2n) is 4.20. The van der Waals surface area contributed by atoms with Gasteiger partial charge in [-0.3, -0.25) is 4.98 Å². The van der Waals surface area contributed by atoms with Crippen LogP contribution in [0, 0.1) is 0 Å². The van der Waals surface area contributed by atoms with E-state index in [0.29, 0.717) is 11.4 Å². The van der Waals surface area contributed by atoms with Crippen LogP contribution in [0.4, 0.5) is 11.4 Å². The van der Waals surface area contributed by atoms with Crippen molar-refractivity contribution < 1.29 is 31.3 Å². The maximum atomic E-state index is 9.44. The van der Waals surface area contributed by atoms with Crippen LogP contribution in [0.5, 0.6) is 11.5 Å².